The minimum Gasteiger partial charge on any atom is -0.343 e. The van der Waals surface area contributed by atoms with Gasteiger partial charge in [-0.25, -0.2) is 4.98 Å². The number of nitrogens with one attached hydrogen (secondary N) is 3. The molecule has 0 radical (unpaired) electrons. The summed E-state index contributed by atoms with van der Waals surface area (Å²) in [5.74, 6) is 5.51. The van der Waals surface area contributed by atoms with E-state index in [-0.39, 0.29) is 18.1 Å². The summed E-state index contributed by atoms with van der Waals surface area (Å²) in [6.45, 7) is 0.265. The van der Waals surface area contributed by atoms with E-state index in [1.54, 1.807) is 12.1 Å². The number of aromatic nitrogens is 4. The third kappa shape index (κ3) is 2.75. The second kappa shape index (κ2) is 5.03. The molecule has 8 nitrogen and oxygen atoms in total. The summed E-state index contributed by atoms with van der Waals surface area (Å²) in [5, 5.41) is 8.96. The number of hydrogen-bond donors (Lipinski definition) is 4. The van der Waals surface area contributed by atoms with Crippen molar-refractivity contribution in [3.63, 3.8) is 0 Å². The molecule has 2 rings (SSSR count). The van der Waals surface area contributed by atoms with Gasteiger partial charge in [0.05, 0.1) is 12.2 Å². The first-order chi connectivity index (χ1) is 8.29. The number of amides is 1. The van der Waals surface area contributed by atoms with E-state index in [1.807, 2.05) is 0 Å². The van der Waals surface area contributed by atoms with Crippen molar-refractivity contribution in [3.8, 4) is 0 Å². The van der Waals surface area contributed by atoms with Crippen molar-refractivity contribution in [2.45, 2.75) is 6.54 Å². The van der Waals surface area contributed by atoms with E-state index in [2.05, 4.69) is 30.9 Å². The van der Waals surface area contributed by atoms with Crippen molar-refractivity contribution < 1.29 is 4.79 Å². The van der Waals surface area contributed by atoms with Crippen molar-refractivity contribution >= 4 is 11.6 Å². The molecule has 0 aliphatic carbocycles. The van der Waals surface area contributed by atoms with Crippen LogP contribution in [-0.2, 0) is 6.54 Å². The number of carbonyl (C=O) groups excluding carboxylic acids is 1. The van der Waals surface area contributed by atoms with E-state index < -0.39 is 0 Å². The molecule has 0 spiro atoms. The van der Waals surface area contributed by atoms with Gasteiger partial charge in [0.2, 0.25) is 0 Å². The van der Waals surface area contributed by atoms with Crippen LogP contribution in [0, 0.1) is 0 Å². The summed E-state index contributed by atoms with van der Waals surface area (Å²) >= 11 is 0. The van der Waals surface area contributed by atoms with Crippen LogP contribution in [-0.4, -0.2) is 26.1 Å². The fraction of sp³-hybridized carbons (Fsp3) is 0.111. The number of H-pyrrole nitrogens is 1. The van der Waals surface area contributed by atoms with Gasteiger partial charge in [0.1, 0.15) is 17.8 Å². The Hall–Kier alpha value is -2.48. The van der Waals surface area contributed by atoms with Crippen LogP contribution in [0.1, 0.15) is 16.3 Å². The molecule has 8 heteroatoms. The molecule has 0 aliphatic rings. The molecule has 2 heterocycles. The summed E-state index contributed by atoms with van der Waals surface area (Å²) in [6, 6.07) is 3.21. The van der Waals surface area contributed by atoms with Gasteiger partial charge in [-0.1, -0.05) is 0 Å². The first-order valence-corrected chi connectivity index (χ1v) is 4.84. The Labute approximate surface area is 96.6 Å². The van der Waals surface area contributed by atoms with Gasteiger partial charge in [0, 0.05) is 6.20 Å². The number of nitrogens with two attached hydrogens (primary N) is 1. The smallest absolute Gasteiger partial charge is 0.270 e. The number of rotatable bonds is 4. The lowest BCUT2D eigenvalue weighted by Crippen LogP contribution is -2.24. The predicted molar refractivity (Wildman–Crippen MR) is 59.6 cm³/mol. The van der Waals surface area contributed by atoms with E-state index in [4.69, 9.17) is 5.84 Å². The Kier molecular flexibility index (Phi) is 3.26. The fourth-order valence-electron chi connectivity index (χ4n) is 1.22. The molecule has 5 N–H and O–H groups in total. The van der Waals surface area contributed by atoms with Gasteiger partial charge >= 0.3 is 0 Å². The molecular weight excluding hydrogens is 222 g/mol. The number of nitrogen functional groups attached to an aromatic ring is 1. The Morgan fingerprint density at radius 1 is 1.47 bits per heavy atom. The maximum Gasteiger partial charge on any atom is 0.270 e. The molecular formula is C9H11N7O. The molecule has 2 aromatic heterocycles. The lowest BCUT2D eigenvalue weighted by atomic mass is 10.3. The van der Waals surface area contributed by atoms with Crippen LogP contribution in [0.3, 0.4) is 0 Å². The van der Waals surface area contributed by atoms with Crippen molar-refractivity contribution in [2.24, 2.45) is 5.84 Å². The van der Waals surface area contributed by atoms with Crippen molar-refractivity contribution in [1.82, 2.24) is 25.5 Å². The first kappa shape index (κ1) is 11.0. The van der Waals surface area contributed by atoms with E-state index >= 15 is 0 Å². The molecule has 1 amide bonds. The lowest BCUT2D eigenvalue weighted by molar-refractivity contribution is 0.0945. The first-order valence-electron chi connectivity index (χ1n) is 4.84. The number of hydrazine groups is 1. The number of anilines is 1. The zero-order valence-corrected chi connectivity index (χ0v) is 8.84. The van der Waals surface area contributed by atoms with Crippen LogP contribution < -0.4 is 16.6 Å². The Morgan fingerprint density at radius 3 is 3.06 bits per heavy atom. The maximum absolute atomic E-state index is 11.7. The molecule has 88 valence electrons. The van der Waals surface area contributed by atoms with E-state index in [1.165, 1.54) is 12.5 Å². The van der Waals surface area contributed by atoms with E-state index in [0.29, 0.717) is 11.5 Å². The highest BCUT2D eigenvalue weighted by atomic mass is 16.1. The van der Waals surface area contributed by atoms with Crippen LogP contribution in [0.2, 0.25) is 0 Å². The van der Waals surface area contributed by atoms with Gasteiger partial charge in [0.15, 0.2) is 0 Å². The third-order valence-electron chi connectivity index (χ3n) is 2.04. The second-order valence-electron chi connectivity index (χ2n) is 3.19. The molecule has 0 fully saturated rings. The van der Waals surface area contributed by atoms with Gasteiger partial charge < -0.3 is 10.7 Å². The van der Waals surface area contributed by atoms with Crippen molar-refractivity contribution in [2.75, 3.05) is 5.43 Å². The molecule has 0 atom stereocenters. The largest absolute Gasteiger partial charge is 0.343 e. The van der Waals surface area contributed by atoms with Crippen molar-refractivity contribution in [1.29, 1.82) is 0 Å². The summed E-state index contributed by atoms with van der Waals surface area (Å²) < 4.78 is 0. The number of hydrogen-bond acceptors (Lipinski definition) is 6. The molecule has 17 heavy (non-hydrogen) atoms. The van der Waals surface area contributed by atoms with Crippen LogP contribution in [0.15, 0.2) is 24.7 Å². The van der Waals surface area contributed by atoms with Gasteiger partial charge in [-0.15, -0.1) is 0 Å². The van der Waals surface area contributed by atoms with Crippen molar-refractivity contribution in [3.05, 3.63) is 36.2 Å². The number of carbonyl (C=O) groups is 1. The minimum absolute atomic E-state index is 0.265. The van der Waals surface area contributed by atoms with Crippen LogP contribution in [0.25, 0.3) is 0 Å². The Bertz CT molecular complexity index is 496. The van der Waals surface area contributed by atoms with Gasteiger partial charge in [0.25, 0.3) is 5.91 Å². The summed E-state index contributed by atoms with van der Waals surface area (Å²) in [7, 11) is 0. The summed E-state index contributed by atoms with van der Waals surface area (Å²) in [4.78, 5) is 19.5. The SMILES string of the molecule is NNc1ccnc(C(=O)NCc2ncn[nH]2)c1. The number of pyridine rings is 1. The van der Waals surface area contributed by atoms with E-state index in [9.17, 15) is 4.79 Å². The quantitative estimate of drug-likeness (QED) is 0.414. The van der Waals surface area contributed by atoms with E-state index in [0.717, 1.165) is 0 Å². The van der Waals surface area contributed by atoms with Gasteiger partial charge in [-0.2, -0.15) is 5.10 Å². The monoisotopic (exact) mass is 233 g/mol. The zero-order valence-electron chi connectivity index (χ0n) is 8.84. The summed E-state index contributed by atoms with van der Waals surface area (Å²) in [6.07, 6.45) is 2.87. The molecule has 0 saturated carbocycles. The molecule has 2 aromatic rings. The Morgan fingerprint density at radius 2 is 2.35 bits per heavy atom. The second-order valence-corrected chi connectivity index (χ2v) is 3.19. The molecule has 0 aliphatic heterocycles. The zero-order chi connectivity index (χ0) is 12.1. The topological polar surface area (TPSA) is 122 Å². The maximum atomic E-state index is 11.7. The average Bonchev–Trinajstić information content (AvgIpc) is 2.89. The standard InChI is InChI=1S/C9H11N7O/c10-15-6-1-2-11-7(3-6)9(17)12-4-8-13-5-14-16-8/h1-3,5H,4,10H2,(H,11,15)(H,12,17)(H,13,14,16). The Balaban J connectivity index is 1.99. The lowest BCUT2D eigenvalue weighted by Gasteiger charge is -2.04. The number of nitrogens with zero attached hydrogens (tertiary/aromatic N) is 3. The van der Waals surface area contributed by atoms with Gasteiger partial charge in [-0.05, 0) is 12.1 Å². The molecule has 0 aromatic carbocycles. The van der Waals surface area contributed by atoms with Crippen LogP contribution >= 0.6 is 0 Å². The summed E-state index contributed by atoms with van der Waals surface area (Å²) in [5.41, 5.74) is 3.34. The highest BCUT2D eigenvalue weighted by Crippen LogP contribution is 2.05. The highest BCUT2D eigenvalue weighted by molar-refractivity contribution is 5.92. The molecule has 0 bridgehead atoms. The van der Waals surface area contributed by atoms with Gasteiger partial charge in [-0.3, -0.25) is 20.7 Å². The molecule has 0 saturated heterocycles. The number of aromatic amines is 1. The fourth-order valence-corrected chi connectivity index (χ4v) is 1.22. The van der Waals surface area contributed by atoms with Crippen LogP contribution in [0.5, 0.6) is 0 Å². The third-order valence-corrected chi connectivity index (χ3v) is 2.04. The predicted octanol–water partition coefficient (Wildman–Crippen LogP) is -0.585. The highest BCUT2D eigenvalue weighted by Gasteiger charge is 2.07. The van der Waals surface area contributed by atoms with Crippen LogP contribution in [0.4, 0.5) is 5.69 Å². The average molecular weight is 233 g/mol. The normalized spacial score (nSPS) is 9.94. The minimum atomic E-state index is -0.307. The molecule has 0 unspecified atom stereocenters.